The van der Waals surface area contributed by atoms with Gasteiger partial charge in [0.1, 0.15) is 0 Å². The van der Waals surface area contributed by atoms with Crippen molar-refractivity contribution >= 4 is 0 Å². The Hall–Kier alpha value is -0.120. The Bertz CT molecular complexity index is 196. The minimum atomic E-state index is 0.134. The highest BCUT2D eigenvalue weighted by atomic mass is 16.5. The summed E-state index contributed by atoms with van der Waals surface area (Å²) in [5.41, 5.74) is 0. The van der Waals surface area contributed by atoms with Gasteiger partial charge in [0.15, 0.2) is 0 Å². The molecule has 3 heteroatoms. The molecule has 0 heterocycles. The lowest BCUT2D eigenvalue weighted by Crippen LogP contribution is -2.30. The third kappa shape index (κ3) is 18.1. The van der Waals surface area contributed by atoms with E-state index in [2.05, 4.69) is 18.7 Å². The van der Waals surface area contributed by atoms with Crippen molar-refractivity contribution in [1.82, 2.24) is 4.90 Å². The van der Waals surface area contributed by atoms with Crippen LogP contribution in [0.4, 0.5) is 0 Å². The molecule has 0 atom stereocenters. The molecule has 0 saturated heterocycles. The van der Waals surface area contributed by atoms with Crippen molar-refractivity contribution in [3.8, 4) is 0 Å². The molecule has 0 bridgehead atoms. The van der Waals surface area contributed by atoms with Crippen molar-refractivity contribution < 1.29 is 9.84 Å². The summed E-state index contributed by atoms with van der Waals surface area (Å²) in [6, 6.07) is 0. The van der Waals surface area contributed by atoms with Gasteiger partial charge in [-0.25, -0.2) is 0 Å². The van der Waals surface area contributed by atoms with Crippen LogP contribution >= 0.6 is 0 Å². The van der Waals surface area contributed by atoms with Gasteiger partial charge in [0.2, 0.25) is 0 Å². The van der Waals surface area contributed by atoms with E-state index in [1.807, 2.05) is 0 Å². The van der Waals surface area contributed by atoms with Gasteiger partial charge < -0.3 is 14.7 Å². The van der Waals surface area contributed by atoms with E-state index in [0.29, 0.717) is 6.61 Å². The van der Waals surface area contributed by atoms with Crippen molar-refractivity contribution in [2.75, 3.05) is 39.5 Å². The van der Waals surface area contributed by atoms with Crippen LogP contribution in [-0.2, 0) is 4.74 Å². The number of rotatable bonds is 19. The molecule has 0 saturated carbocycles. The molecule has 23 heavy (non-hydrogen) atoms. The van der Waals surface area contributed by atoms with Crippen molar-refractivity contribution in [1.29, 1.82) is 0 Å². The standard InChI is InChI=1S/C20H43NO2/c1-3-5-7-9-11-13-15-21(17-19-23-20-18-22)16-14-12-10-8-6-4-2/h22H,3-20H2,1-2H3. The second kappa shape index (κ2) is 19.9. The molecule has 0 rings (SSSR count). The minimum absolute atomic E-state index is 0.134. The molecule has 0 aliphatic heterocycles. The maximum absolute atomic E-state index is 8.78. The third-order valence-corrected chi connectivity index (χ3v) is 4.44. The molecule has 0 radical (unpaired) electrons. The molecule has 1 N–H and O–H groups in total. The number of ether oxygens (including phenoxy) is 1. The Balaban J connectivity index is 3.70. The molecule has 0 aromatic rings. The Kier molecular flexibility index (Phi) is 19.8. The average molecular weight is 330 g/mol. The first-order valence-electron chi connectivity index (χ1n) is 10.3. The number of nitrogens with zero attached hydrogens (tertiary/aromatic N) is 1. The zero-order valence-electron chi connectivity index (χ0n) is 16.0. The maximum Gasteiger partial charge on any atom is 0.0698 e. The fourth-order valence-corrected chi connectivity index (χ4v) is 2.93. The van der Waals surface area contributed by atoms with E-state index < -0.39 is 0 Å². The highest BCUT2D eigenvalue weighted by Gasteiger charge is 2.05. The van der Waals surface area contributed by atoms with Crippen LogP contribution in [0.15, 0.2) is 0 Å². The highest BCUT2D eigenvalue weighted by molar-refractivity contribution is 4.59. The fraction of sp³-hybridized carbons (Fsp3) is 1.00. The second-order valence-corrected chi connectivity index (χ2v) is 6.71. The number of aliphatic hydroxyl groups is 1. The van der Waals surface area contributed by atoms with E-state index in [1.54, 1.807) is 0 Å². The van der Waals surface area contributed by atoms with Crippen LogP contribution < -0.4 is 0 Å². The van der Waals surface area contributed by atoms with E-state index in [0.717, 1.165) is 13.2 Å². The van der Waals surface area contributed by atoms with Crippen LogP contribution in [0.1, 0.15) is 90.9 Å². The highest BCUT2D eigenvalue weighted by Crippen LogP contribution is 2.09. The first kappa shape index (κ1) is 22.9. The smallest absolute Gasteiger partial charge is 0.0698 e. The van der Waals surface area contributed by atoms with Crippen LogP contribution in [0.5, 0.6) is 0 Å². The van der Waals surface area contributed by atoms with Gasteiger partial charge >= 0.3 is 0 Å². The SMILES string of the molecule is CCCCCCCCN(CCCCCCCC)CCOCCO. The van der Waals surface area contributed by atoms with Gasteiger partial charge in [-0.1, -0.05) is 78.1 Å². The molecule has 0 aromatic carbocycles. The summed E-state index contributed by atoms with van der Waals surface area (Å²) in [5, 5.41) is 8.78. The molecule has 0 aliphatic carbocycles. The topological polar surface area (TPSA) is 32.7 Å². The van der Waals surface area contributed by atoms with Crippen LogP contribution in [-0.4, -0.2) is 49.5 Å². The molecule has 140 valence electrons. The van der Waals surface area contributed by atoms with Crippen molar-refractivity contribution in [2.24, 2.45) is 0 Å². The Morgan fingerprint density at radius 3 is 1.57 bits per heavy atom. The lowest BCUT2D eigenvalue weighted by atomic mass is 10.1. The maximum atomic E-state index is 8.78. The molecule has 0 unspecified atom stereocenters. The average Bonchev–Trinajstić information content (AvgIpc) is 2.57. The molecule has 0 aromatic heterocycles. The summed E-state index contributed by atoms with van der Waals surface area (Å²) in [7, 11) is 0. The van der Waals surface area contributed by atoms with Crippen molar-refractivity contribution in [3.63, 3.8) is 0 Å². The van der Waals surface area contributed by atoms with Crippen LogP contribution in [0.3, 0.4) is 0 Å². The first-order chi connectivity index (χ1) is 11.3. The summed E-state index contributed by atoms with van der Waals surface area (Å²) < 4.78 is 5.44. The predicted molar refractivity (Wildman–Crippen MR) is 101 cm³/mol. The van der Waals surface area contributed by atoms with E-state index in [4.69, 9.17) is 9.84 Å². The Morgan fingerprint density at radius 2 is 1.09 bits per heavy atom. The summed E-state index contributed by atoms with van der Waals surface area (Å²) in [6.07, 6.45) is 16.4. The number of hydrogen-bond donors (Lipinski definition) is 1. The van der Waals surface area contributed by atoms with Gasteiger partial charge in [0.25, 0.3) is 0 Å². The summed E-state index contributed by atoms with van der Waals surface area (Å²) in [6.45, 7) is 9.35. The first-order valence-corrected chi connectivity index (χ1v) is 10.3. The van der Waals surface area contributed by atoms with Gasteiger partial charge in [-0.05, 0) is 25.9 Å². The monoisotopic (exact) mass is 329 g/mol. The summed E-state index contributed by atoms with van der Waals surface area (Å²) in [4.78, 5) is 2.57. The molecule has 0 amide bonds. The Morgan fingerprint density at radius 1 is 0.609 bits per heavy atom. The Labute approximate surface area is 145 Å². The molecule has 0 spiro atoms. The summed E-state index contributed by atoms with van der Waals surface area (Å²) in [5.74, 6) is 0. The van der Waals surface area contributed by atoms with Gasteiger partial charge in [0.05, 0.1) is 19.8 Å². The molecular weight excluding hydrogens is 286 g/mol. The lowest BCUT2D eigenvalue weighted by molar-refractivity contribution is 0.0727. The van der Waals surface area contributed by atoms with Crippen LogP contribution in [0.25, 0.3) is 0 Å². The number of aliphatic hydroxyl groups excluding tert-OH is 1. The van der Waals surface area contributed by atoms with Crippen LogP contribution in [0.2, 0.25) is 0 Å². The van der Waals surface area contributed by atoms with Crippen LogP contribution in [0, 0.1) is 0 Å². The molecule has 0 aliphatic rings. The number of hydrogen-bond acceptors (Lipinski definition) is 3. The zero-order valence-corrected chi connectivity index (χ0v) is 16.0. The minimum Gasteiger partial charge on any atom is -0.394 e. The summed E-state index contributed by atoms with van der Waals surface area (Å²) >= 11 is 0. The van der Waals surface area contributed by atoms with Crippen molar-refractivity contribution in [3.05, 3.63) is 0 Å². The normalized spacial score (nSPS) is 11.5. The van der Waals surface area contributed by atoms with Gasteiger partial charge in [0, 0.05) is 6.54 Å². The predicted octanol–water partition coefficient (Wildman–Crippen LogP) is 5.02. The van der Waals surface area contributed by atoms with E-state index >= 15 is 0 Å². The quantitative estimate of drug-likeness (QED) is 0.338. The molecule has 0 fully saturated rings. The second-order valence-electron chi connectivity index (χ2n) is 6.71. The lowest BCUT2D eigenvalue weighted by Gasteiger charge is -2.22. The largest absolute Gasteiger partial charge is 0.394 e. The fourth-order valence-electron chi connectivity index (χ4n) is 2.93. The number of unbranched alkanes of at least 4 members (excludes halogenated alkanes) is 10. The van der Waals surface area contributed by atoms with E-state index in [1.165, 1.54) is 90.1 Å². The zero-order chi connectivity index (χ0) is 17.0. The van der Waals surface area contributed by atoms with Gasteiger partial charge in [-0.15, -0.1) is 0 Å². The van der Waals surface area contributed by atoms with E-state index in [9.17, 15) is 0 Å². The van der Waals surface area contributed by atoms with Gasteiger partial charge in [-0.2, -0.15) is 0 Å². The molecule has 3 nitrogen and oxygen atoms in total. The van der Waals surface area contributed by atoms with Gasteiger partial charge in [-0.3, -0.25) is 0 Å². The van der Waals surface area contributed by atoms with E-state index in [-0.39, 0.29) is 6.61 Å². The molecular formula is C20H43NO2. The van der Waals surface area contributed by atoms with Crippen molar-refractivity contribution in [2.45, 2.75) is 90.9 Å². The third-order valence-electron chi connectivity index (χ3n) is 4.44.